The highest BCUT2D eigenvalue weighted by Gasteiger charge is 2.25. The van der Waals surface area contributed by atoms with E-state index in [9.17, 15) is 9.59 Å². The smallest absolute Gasteiger partial charge is 0.354 e. The van der Waals surface area contributed by atoms with E-state index in [4.69, 9.17) is 4.74 Å². The van der Waals surface area contributed by atoms with Gasteiger partial charge in [0.05, 0.1) is 17.6 Å². The van der Waals surface area contributed by atoms with Crippen LogP contribution in [0.5, 0.6) is 0 Å². The Hall–Kier alpha value is -3.85. The van der Waals surface area contributed by atoms with Crippen LogP contribution in [0.3, 0.4) is 0 Å². The number of nitrogens with zero attached hydrogens (tertiary/aromatic N) is 3. The van der Waals surface area contributed by atoms with E-state index in [0.29, 0.717) is 43.3 Å². The molecule has 0 saturated carbocycles. The van der Waals surface area contributed by atoms with Crippen LogP contribution in [-0.4, -0.2) is 51.9 Å². The monoisotopic (exact) mass is 532 g/mol. The Bertz CT molecular complexity index is 1540. The maximum absolute atomic E-state index is 16.1. The highest BCUT2D eigenvalue weighted by Crippen LogP contribution is 2.38. The second kappa shape index (κ2) is 10.9. The molecule has 1 aliphatic heterocycles. The molecule has 0 radical (unpaired) electrons. The zero-order valence-corrected chi connectivity index (χ0v) is 22.5. The molecule has 1 N–H and O–H groups in total. The van der Waals surface area contributed by atoms with Crippen LogP contribution < -0.4 is 0 Å². The lowest BCUT2D eigenvalue weighted by atomic mass is 9.91. The molecule has 0 fully saturated rings. The van der Waals surface area contributed by atoms with Gasteiger partial charge in [0.25, 0.3) is 0 Å². The van der Waals surface area contributed by atoms with Crippen LogP contribution in [0.2, 0.25) is 0 Å². The fourth-order valence-corrected chi connectivity index (χ4v) is 5.61. The fraction of sp³-hybridized carbons (Fsp3) is 0.310. The molecule has 7 nitrogen and oxygen atoms in total. The first kappa shape index (κ1) is 25.8. The lowest BCUT2D eigenvalue weighted by molar-refractivity contribution is -0.130. The van der Waals surface area contributed by atoms with E-state index >= 15 is 4.39 Å². The number of amides is 1. The first-order valence-corrected chi connectivity index (χ1v) is 13.5. The van der Waals surface area contributed by atoms with Gasteiger partial charge in [0.2, 0.25) is 5.91 Å². The Labute approximate surface area is 224 Å². The van der Waals surface area contributed by atoms with E-state index in [1.807, 2.05) is 30.5 Å². The second-order valence-corrected chi connectivity index (χ2v) is 10.3. The number of halogens is 1. The molecule has 0 atom stereocenters. The molecule has 1 amide bonds. The van der Waals surface area contributed by atoms with Gasteiger partial charge in [-0.25, -0.2) is 14.2 Å². The minimum atomic E-state index is -0.570. The highest BCUT2D eigenvalue weighted by atomic mass is 32.1. The largest absolute Gasteiger partial charge is 0.464 e. The minimum absolute atomic E-state index is 0.0244. The molecule has 5 rings (SSSR count). The number of aromatic amines is 1. The molecule has 4 aromatic rings. The number of thiazole rings is 1. The van der Waals surface area contributed by atoms with Crippen LogP contribution in [-0.2, 0) is 22.4 Å². The molecule has 9 heteroatoms. The van der Waals surface area contributed by atoms with Gasteiger partial charge < -0.3 is 14.6 Å². The minimum Gasteiger partial charge on any atom is -0.464 e. The number of methoxy groups -OCH3 is 1. The van der Waals surface area contributed by atoms with E-state index in [-0.39, 0.29) is 17.1 Å². The van der Waals surface area contributed by atoms with Gasteiger partial charge in [-0.2, -0.15) is 0 Å². The number of esters is 1. The highest BCUT2D eigenvalue weighted by molar-refractivity contribution is 7.09. The summed E-state index contributed by atoms with van der Waals surface area (Å²) in [6, 6.07) is 5.49. The average Bonchev–Trinajstić information content (AvgIpc) is 3.63. The van der Waals surface area contributed by atoms with Crippen LogP contribution in [0.25, 0.3) is 27.6 Å². The first-order chi connectivity index (χ1) is 18.4. The Kier molecular flexibility index (Phi) is 7.37. The fourth-order valence-electron chi connectivity index (χ4n) is 4.99. The summed E-state index contributed by atoms with van der Waals surface area (Å²) in [5.41, 5.74) is 5.19. The standard InChI is InChI=1S/C29H29FN4O3S/c1-4-18-12-17(2)32-15-23(18)21-13-20(27(30)28-22(21)14-24(33-28)29(36)37-3)19-6-5-10-34(16-19)26(35)8-7-25-31-9-11-38-25/h6,9,11-15,33H,4-5,7-8,10,16H2,1-3H3. The van der Waals surface area contributed by atoms with E-state index in [1.54, 1.807) is 23.4 Å². The molecule has 38 heavy (non-hydrogen) atoms. The third-order valence-electron chi connectivity index (χ3n) is 6.94. The predicted octanol–water partition coefficient (Wildman–Crippen LogP) is 5.73. The Morgan fingerprint density at radius 1 is 1.18 bits per heavy atom. The number of aryl methyl sites for hydroxylation is 3. The van der Waals surface area contributed by atoms with Gasteiger partial charge in [0, 0.05) is 65.9 Å². The summed E-state index contributed by atoms with van der Waals surface area (Å²) < 4.78 is 21.0. The van der Waals surface area contributed by atoms with Crippen molar-refractivity contribution in [3.05, 3.63) is 75.4 Å². The van der Waals surface area contributed by atoms with Crippen molar-refractivity contribution in [2.75, 3.05) is 20.2 Å². The number of pyridine rings is 1. The van der Waals surface area contributed by atoms with Gasteiger partial charge in [0.1, 0.15) is 5.69 Å². The van der Waals surface area contributed by atoms with E-state index in [2.05, 4.69) is 21.9 Å². The van der Waals surface area contributed by atoms with Crippen molar-refractivity contribution in [2.24, 2.45) is 0 Å². The van der Waals surface area contributed by atoms with Gasteiger partial charge in [-0.1, -0.05) is 13.0 Å². The van der Waals surface area contributed by atoms with Crippen LogP contribution >= 0.6 is 11.3 Å². The van der Waals surface area contributed by atoms with E-state index in [1.165, 1.54) is 18.4 Å². The summed E-state index contributed by atoms with van der Waals surface area (Å²) >= 11 is 1.54. The van der Waals surface area contributed by atoms with Crippen molar-refractivity contribution in [1.82, 2.24) is 19.9 Å². The number of carbonyl (C=O) groups is 2. The zero-order chi connectivity index (χ0) is 26.8. The van der Waals surface area contributed by atoms with Crippen LogP contribution in [0, 0.1) is 12.7 Å². The number of H-pyrrole nitrogens is 1. The molecule has 4 heterocycles. The molecule has 0 saturated heterocycles. The number of fused-ring (bicyclic) bond motifs is 1. The number of hydrogen-bond acceptors (Lipinski definition) is 6. The van der Waals surface area contributed by atoms with Crippen LogP contribution in [0.1, 0.15) is 52.1 Å². The lowest BCUT2D eigenvalue weighted by Gasteiger charge is -2.28. The summed E-state index contributed by atoms with van der Waals surface area (Å²) in [4.78, 5) is 38.8. The molecule has 0 aliphatic carbocycles. The van der Waals surface area contributed by atoms with Gasteiger partial charge >= 0.3 is 5.97 Å². The lowest BCUT2D eigenvalue weighted by Crippen LogP contribution is -2.35. The van der Waals surface area contributed by atoms with Crippen molar-refractivity contribution in [3.63, 3.8) is 0 Å². The summed E-state index contributed by atoms with van der Waals surface area (Å²) in [5, 5.41) is 3.41. The third-order valence-corrected chi connectivity index (χ3v) is 7.78. The number of ether oxygens (including phenoxy) is 1. The Morgan fingerprint density at radius 3 is 2.76 bits per heavy atom. The van der Waals surface area contributed by atoms with Gasteiger partial charge in [0.15, 0.2) is 5.82 Å². The Morgan fingerprint density at radius 2 is 2.03 bits per heavy atom. The van der Waals surface area contributed by atoms with Crippen molar-refractivity contribution >= 4 is 39.7 Å². The molecule has 196 valence electrons. The summed E-state index contributed by atoms with van der Waals surface area (Å²) in [6.45, 7) is 4.91. The normalized spacial score (nSPS) is 13.6. The number of rotatable bonds is 7. The van der Waals surface area contributed by atoms with Gasteiger partial charge in [-0.3, -0.25) is 9.78 Å². The molecular weight excluding hydrogens is 503 g/mol. The molecule has 1 aliphatic rings. The number of aromatic nitrogens is 3. The third kappa shape index (κ3) is 4.98. The topological polar surface area (TPSA) is 88.2 Å². The van der Waals surface area contributed by atoms with Crippen LogP contribution in [0.4, 0.5) is 4.39 Å². The predicted molar refractivity (Wildman–Crippen MR) is 147 cm³/mol. The van der Waals surface area contributed by atoms with Crippen molar-refractivity contribution in [3.8, 4) is 11.1 Å². The summed E-state index contributed by atoms with van der Waals surface area (Å²) in [5.74, 6) is -1.00. The molecular formula is C29H29FN4O3S. The van der Waals surface area contributed by atoms with Crippen molar-refractivity contribution in [1.29, 1.82) is 0 Å². The van der Waals surface area contributed by atoms with Crippen molar-refractivity contribution in [2.45, 2.75) is 39.5 Å². The quantitative estimate of drug-likeness (QED) is 0.307. The number of benzene rings is 1. The number of carbonyl (C=O) groups excluding carboxylic acids is 2. The molecule has 3 aromatic heterocycles. The summed E-state index contributed by atoms with van der Waals surface area (Å²) in [6.07, 6.45) is 7.90. The number of nitrogens with one attached hydrogen (secondary N) is 1. The SMILES string of the molecule is CCc1cc(C)ncc1-c1cc(C2=CCCN(C(=O)CCc3nccs3)C2)c(F)c2[nH]c(C(=O)OC)cc12. The molecule has 0 unspecified atom stereocenters. The maximum atomic E-state index is 16.1. The first-order valence-electron chi connectivity index (χ1n) is 12.6. The second-order valence-electron chi connectivity index (χ2n) is 9.34. The molecule has 1 aromatic carbocycles. The van der Waals surface area contributed by atoms with E-state index in [0.717, 1.165) is 39.4 Å². The average molecular weight is 533 g/mol. The van der Waals surface area contributed by atoms with Crippen molar-refractivity contribution < 1.29 is 18.7 Å². The summed E-state index contributed by atoms with van der Waals surface area (Å²) in [7, 11) is 1.29. The Balaban J connectivity index is 1.56. The molecule has 0 bridgehead atoms. The van der Waals surface area contributed by atoms with E-state index < -0.39 is 11.8 Å². The number of hydrogen-bond donors (Lipinski definition) is 1. The maximum Gasteiger partial charge on any atom is 0.354 e. The zero-order valence-electron chi connectivity index (χ0n) is 21.6. The van der Waals surface area contributed by atoms with Gasteiger partial charge in [-0.15, -0.1) is 11.3 Å². The van der Waals surface area contributed by atoms with Crippen LogP contribution in [0.15, 0.2) is 42.0 Å². The molecule has 0 spiro atoms. The van der Waals surface area contributed by atoms with Gasteiger partial charge in [-0.05, 0) is 54.7 Å².